The summed E-state index contributed by atoms with van der Waals surface area (Å²) in [5.74, 6) is 1.21. The zero-order valence-corrected chi connectivity index (χ0v) is 12.8. The smallest absolute Gasteiger partial charge is 0.243 e. The predicted octanol–water partition coefficient (Wildman–Crippen LogP) is 3.14. The third kappa shape index (κ3) is 4.15. The summed E-state index contributed by atoms with van der Waals surface area (Å²) < 4.78 is 10.7. The Kier molecular flexibility index (Phi) is 5.65. The molecular formula is C17H20N2O3. The minimum Gasteiger partial charge on any atom is -0.495 e. The lowest BCUT2D eigenvalue weighted by atomic mass is 10.2. The second-order valence-corrected chi connectivity index (χ2v) is 4.53. The lowest BCUT2D eigenvalue weighted by Gasteiger charge is -2.13. The highest BCUT2D eigenvalue weighted by atomic mass is 16.5. The first-order valence-electron chi connectivity index (χ1n) is 7.13. The van der Waals surface area contributed by atoms with Crippen molar-refractivity contribution in [3.63, 3.8) is 0 Å². The Morgan fingerprint density at radius 3 is 2.32 bits per heavy atom. The number of hydrogen-bond donors (Lipinski definition) is 2. The van der Waals surface area contributed by atoms with Gasteiger partial charge in [0.15, 0.2) is 0 Å². The second kappa shape index (κ2) is 7.93. The van der Waals surface area contributed by atoms with Crippen LogP contribution in [0.3, 0.4) is 0 Å². The summed E-state index contributed by atoms with van der Waals surface area (Å²) in [6.07, 6.45) is 0. The van der Waals surface area contributed by atoms with Crippen LogP contribution in [0.25, 0.3) is 0 Å². The average Bonchev–Trinajstić information content (AvgIpc) is 2.55. The van der Waals surface area contributed by atoms with Crippen molar-refractivity contribution in [1.29, 1.82) is 0 Å². The van der Waals surface area contributed by atoms with Crippen LogP contribution in [0.5, 0.6) is 11.5 Å². The van der Waals surface area contributed by atoms with Crippen LogP contribution in [-0.4, -0.2) is 26.2 Å². The van der Waals surface area contributed by atoms with E-state index in [0.717, 1.165) is 5.69 Å². The normalized spacial score (nSPS) is 9.91. The maximum atomic E-state index is 12.1. The molecule has 2 N–H and O–H groups in total. The Morgan fingerprint density at radius 2 is 1.64 bits per heavy atom. The molecule has 2 aromatic carbocycles. The van der Waals surface area contributed by atoms with Crippen LogP contribution in [-0.2, 0) is 4.79 Å². The molecule has 5 heteroatoms. The fourth-order valence-corrected chi connectivity index (χ4v) is 2.01. The van der Waals surface area contributed by atoms with E-state index in [2.05, 4.69) is 10.6 Å². The van der Waals surface area contributed by atoms with Gasteiger partial charge < -0.3 is 20.1 Å². The van der Waals surface area contributed by atoms with Crippen LogP contribution in [0.2, 0.25) is 0 Å². The van der Waals surface area contributed by atoms with E-state index in [0.29, 0.717) is 23.8 Å². The number of carbonyl (C=O) groups excluding carboxylic acids is 1. The van der Waals surface area contributed by atoms with E-state index in [9.17, 15) is 4.79 Å². The van der Waals surface area contributed by atoms with Crippen LogP contribution in [0, 0.1) is 0 Å². The monoisotopic (exact) mass is 300 g/mol. The molecule has 0 radical (unpaired) electrons. The van der Waals surface area contributed by atoms with Crippen LogP contribution in [0.15, 0.2) is 48.5 Å². The van der Waals surface area contributed by atoms with Crippen molar-refractivity contribution in [3.05, 3.63) is 48.5 Å². The largest absolute Gasteiger partial charge is 0.495 e. The third-order valence-electron chi connectivity index (χ3n) is 3.01. The molecule has 0 atom stereocenters. The number of rotatable bonds is 7. The van der Waals surface area contributed by atoms with Crippen molar-refractivity contribution in [3.8, 4) is 11.5 Å². The maximum Gasteiger partial charge on any atom is 0.243 e. The van der Waals surface area contributed by atoms with Gasteiger partial charge in [-0.05, 0) is 31.2 Å². The van der Waals surface area contributed by atoms with Gasteiger partial charge >= 0.3 is 0 Å². The van der Waals surface area contributed by atoms with E-state index < -0.39 is 0 Å². The van der Waals surface area contributed by atoms with Crippen LogP contribution in [0.1, 0.15) is 6.92 Å². The third-order valence-corrected chi connectivity index (χ3v) is 3.01. The number of hydrogen-bond acceptors (Lipinski definition) is 4. The van der Waals surface area contributed by atoms with E-state index in [1.54, 1.807) is 7.11 Å². The highest BCUT2D eigenvalue weighted by molar-refractivity contribution is 5.95. The summed E-state index contributed by atoms with van der Waals surface area (Å²) >= 11 is 0. The van der Waals surface area contributed by atoms with Crippen molar-refractivity contribution in [1.82, 2.24) is 0 Å². The molecule has 0 aromatic heterocycles. The Balaban J connectivity index is 1.96. The minimum absolute atomic E-state index is 0.140. The summed E-state index contributed by atoms with van der Waals surface area (Å²) in [7, 11) is 1.60. The molecule has 0 unspecified atom stereocenters. The topological polar surface area (TPSA) is 59.6 Å². The Bertz CT molecular complexity index is 629. The molecule has 0 saturated carbocycles. The Labute approximate surface area is 130 Å². The van der Waals surface area contributed by atoms with Gasteiger partial charge in [0.05, 0.1) is 31.6 Å². The lowest BCUT2D eigenvalue weighted by molar-refractivity contribution is -0.114. The summed E-state index contributed by atoms with van der Waals surface area (Å²) in [6, 6.07) is 14.8. The van der Waals surface area contributed by atoms with Gasteiger partial charge in [0, 0.05) is 0 Å². The van der Waals surface area contributed by atoms with Crippen LogP contribution >= 0.6 is 0 Å². The molecule has 2 rings (SSSR count). The molecule has 116 valence electrons. The minimum atomic E-state index is -0.155. The van der Waals surface area contributed by atoms with Gasteiger partial charge in [-0.1, -0.05) is 24.3 Å². The van der Waals surface area contributed by atoms with E-state index in [1.165, 1.54) is 0 Å². The van der Waals surface area contributed by atoms with Gasteiger partial charge in [-0.15, -0.1) is 0 Å². The number of anilines is 2. The van der Waals surface area contributed by atoms with Crippen molar-refractivity contribution < 1.29 is 14.3 Å². The van der Waals surface area contributed by atoms with Crippen molar-refractivity contribution in [2.75, 3.05) is 30.9 Å². The maximum absolute atomic E-state index is 12.1. The van der Waals surface area contributed by atoms with E-state index in [4.69, 9.17) is 9.47 Å². The molecule has 0 aliphatic rings. The first kappa shape index (κ1) is 15.7. The Hall–Kier alpha value is -2.69. The quantitative estimate of drug-likeness (QED) is 0.824. The molecule has 0 heterocycles. The highest BCUT2D eigenvalue weighted by Crippen LogP contribution is 2.24. The van der Waals surface area contributed by atoms with Gasteiger partial charge in [0.25, 0.3) is 0 Å². The zero-order valence-electron chi connectivity index (χ0n) is 12.8. The van der Waals surface area contributed by atoms with Gasteiger partial charge in [-0.2, -0.15) is 0 Å². The SMILES string of the molecule is CCOc1ccccc1NC(=O)CNc1ccccc1OC. The molecule has 0 aliphatic heterocycles. The van der Waals surface area contributed by atoms with Gasteiger partial charge in [0.2, 0.25) is 5.91 Å². The van der Waals surface area contributed by atoms with E-state index in [1.807, 2.05) is 55.5 Å². The highest BCUT2D eigenvalue weighted by Gasteiger charge is 2.08. The standard InChI is InChI=1S/C17H20N2O3/c1-3-22-16-11-7-5-9-14(16)19-17(20)12-18-13-8-4-6-10-15(13)21-2/h4-11,18H,3,12H2,1-2H3,(H,19,20). The lowest BCUT2D eigenvalue weighted by Crippen LogP contribution is -2.22. The number of para-hydroxylation sites is 4. The van der Waals surface area contributed by atoms with E-state index >= 15 is 0 Å². The van der Waals surface area contributed by atoms with Crippen LogP contribution < -0.4 is 20.1 Å². The molecule has 2 aromatic rings. The number of ether oxygens (including phenoxy) is 2. The summed E-state index contributed by atoms with van der Waals surface area (Å²) in [4.78, 5) is 12.1. The molecule has 5 nitrogen and oxygen atoms in total. The van der Waals surface area contributed by atoms with Crippen molar-refractivity contribution in [2.45, 2.75) is 6.92 Å². The molecule has 0 aliphatic carbocycles. The molecule has 0 bridgehead atoms. The van der Waals surface area contributed by atoms with Crippen molar-refractivity contribution in [2.24, 2.45) is 0 Å². The number of nitrogens with one attached hydrogen (secondary N) is 2. The molecule has 0 saturated heterocycles. The number of amides is 1. The first-order chi connectivity index (χ1) is 10.7. The van der Waals surface area contributed by atoms with Crippen molar-refractivity contribution >= 4 is 17.3 Å². The van der Waals surface area contributed by atoms with Gasteiger partial charge in [-0.3, -0.25) is 4.79 Å². The van der Waals surface area contributed by atoms with Gasteiger partial charge in [-0.25, -0.2) is 0 Å². The summed E-state index contributed by atoms with van der Waals surface area (Å²) in [5.41, 5.74) is 1.44. The fraction of sp³-hybridized carbons (Fsp3) is 0.235. The number of methoxy groups -OCH3 is 1. The number of benzene rings is 2. The van der Waals surface area contributed by atoms with E-state index in [-0.39, 0.29) is 12.5 Å². The fourth-order valence-electron chi connectivity index (χ4n) is 2.01. The average molecular weight is 300 g/mol. The summed E-state index contributed by atoms with van der Waals surface area (Å²) in [5, 5.41) is 5.89. The van der Waals surface area contributed by atoms with Crippen LogP contribution in [0.4, 0.5) is 11.4 Å². The number of carbonyl (C=O) groups is 1. The molecule has 1 amide bonds. The molecule has 22 heavy (non-hydrogen) atoms. The molecule has 0 fully saturated rings. The molecule has 0 spiro atoms. The molecular weight excluding hydrogens is 280 g/mol. The first-order valence-corrected chi connectivity index (χ1v) is 7.13. The zero-order chi connectivity index (χ0) is 15.8. The predicted molar refractivity (Wildman–Crippen MR) is 87.7 cm³/mol. The van der Waals surface area contributed by atoms with Gasteiger partial charge in [0.1, 0.15) is 11.5 Å². The Morgan fingerprint density at radius 1 is 1.00 bits per heavy atom. The summed E-state index contributed by atoms with van der Waals surface area (Å²) in [6.45, 7) is 2.59. The second-order valence-electron chi connectivity index (χ2n) is 4.53.